The Morgan fingerprint density at radius 2 is 1.96 bits per heavy atom. The van der Waals surface area contributed by atoms with Crippen molar-refractivity contribution in [2.75, 3.05) is 7.11 Å². The van der Waals surface area contributed by atoms with Crippen molar-refractivity contribution in [1.29, 1.82) is 0 Å². The number of hydrogen-bond acceptors (Lipinski definition) is 7. The predicted molar refractivity (Wildman–Crippen MR) is 110 cm³/mol. The first-order chi connectivity index (χ1) is 13.5. The van der Waals surface area contributed by atoms with Crippen LogP contribution in [0.5, 0.6) is 5.75 Å². The minimum Gasteiger partial charge on any atom is -0.497 e. The number of esters is 1. The van der Waals surface area contributed by atoms with E-state index in [2.05, 4.69) is 10.3 Å². The molecule has 146 valence electrons. The zero-order chi connectivity index (χ0) is 19.9. The van der Waals surface area contributed by atoms with Crippen molar-refractivity contribution in [3.8, 4) is 15.6 Å². The minimum absolute atomic E-state index is 0.0397. The van der Waals surface area contributed by atoms with E-state index in [-0.39, 0.29) is 12.3 Å². The second kappa shape index (κ2) is 9.48. The molecule has 0 aliphatic heterocycles. The average Bonchev–Trinajstić information content (AvgIpc) is 3.38. The highest BCUT2D eigenvalue weighted by atomic mass is 32.1. The summed E-state index contributed by atoms with van der Waals surface area (Å²) < 4.78 is 10.3. The number of thiophene rings is 1. The summed E-state index contributed by atoms with van der Waals surface area (Å²) in [5, 5.41) is 7.46. The van der Waals surface area contributed by atoms with Gasteiger partial charge in [0, 0.05) is 11.9 Å². The molecule has 3 aromatic rings. The van der Waals surface area contributed by atoms with Gasteiger partial charge in [-0.2, -0.15) is 0 Å². The molecule has 0 aliphatic carbocycles. The van der Waals surface area contributed by atoms with E-state index in [4.69, 9.17) is 9.47 Å². The molecule has 28 heavy (non-hydrogen) atoms. The smallest absolute Gasteiger partial charge is 0.312 e. The molecule has 0 radical (unpaired) electrons. The summed E-state index contributed by atoms with van der Waals surface area (Å²) >= 11 is 3.09. The fraction of sp³-hybridized carbons (Fsp3) is 0.250. The molecule has 1 atom stereocenters. The number of ether oxygens (including phenoxy) is 2. The Bertz CT molecular complexity index is 920. The Morgan fingerprint density at radius 3 is 2.64 bits per heavy atom. The third kappa shape index (κ3) is 5.40. The van der Waals surface area contributed by atoms with Gasteiger partial charge in [0.1, 0.15) is 10.8 Å². The lowest BCUT2D eigenvalue weighted by Gasteiger charge is -2.13. The van der Waals surface area contributed by atoms with Crippen LogP contribution in [0.2, 0.25) is 0 Å². The molecule has 0 aliphatic rings. The first-order valence-corrected chi connectivity index (χ1v) is 10.4. The second-order valence-electron chi connectivity index (χ2n) is 6.00. The van der Waals surface area contributed by atoms with Crippen LogP contribution in [-0.4, -0.2) is 30.1 Å². The average molecular weight is 417 g/mol. The molecule has 6 nitrogen and oxygen atoms in total. The van der Waals surface area contributed by atoms with Gasteiger partial charge in [0.2, 0.25) is 0 Å². The van der Waals surface area contributed by atoms with Crippen LogP contribution in [0.15, 0.2) is 47.2 Å². The fourth-order valence-electron chi connectivity index (χ4n) is 2.42. The van der Waals surface area contributed by atoms with E-state index in [1.54, 1.807) is 25.4 Å². The number of hydrogen-bond donors (Lipinski definition) is 1. The standard InChI is InChI=1S/C20H20N2O4S2/c1-13(19(24)21-11-14-5-7-16(25-2)8-6-14)26-18(23)10-15-12-28-20(22-15)17-4-3-9-27-17/h3-9,12-13H,10-11H2,1-2H3,(H,21,24)/t13-/m0/s1. The number of nitrogens with zero attached hydrogens (tertiary/aromatic N) is 1. The van der Waals surface area contributed by atoms with E-state index in [9.17, 15) is 9.59 Å². The summed E-state index contributed by atoms with van der Waals surface area (Å²) in [6.07, 6.45) is -0.834. The quantitative estimate of drug-likeness (QED) is 0.567. The number of carbonyl (C=O) groups excluding carboxylic acids is 2. The lowest BCUT2D eigenvalue weighted by molar-refractivity contribution is -0.154. The first kappa shape index (κ1) is 20.0. The maximum atomic E-state index is 12.2. The summed E-state index contributed by atoms with van der Waals surface area (Å²) in [6.45, 7) is 1.90. The van der Waals surface area contributed by atoms with Gasteiger partial charge in [0.15, 0.2) is 6.10 Å². The number of benzene rings is 1. The van der Waals surface area contributed by atoms with Crippen molar-refractivity contribution in [3.05, 3.63) is 58.4 Å². The minimum atomic E-state index is -0.874. The van der Waals surface area contributed by atoms with Crippen LogP contribution in [0.1, 0.15) is 18.2 Å². The Morgan fingerprint density at radius 1 is 1.18 bits per heavy atom. The lowest BCUT2D eigenvalue weighted by Crippen LogP contribution is -2.35. The molecule has 0 spiro atoms. The maximum Gasteiger partial charge on any atom is 0.312 e. The van der Waals surface area contributed by atoms with Crippen LogP contribution in [0.4, 0.5) is 0 Å². The van der Waals surface area contributed by atoms with Crippen LogP contribution >= 0.6 is 22.7 Å². The van der Waals surface area contributed by atoms with Crippen LogP contribution in [-0.2, 0) is 27.3 Å². The molecule has 2 heterocycles. The summed E-state index contributed by atoms with van der Waals surface area (Å²) in [4.78, 5) is 29.8. The molecule has 1 amide bonds. The number of nitrogens with one attached hydrogen (secondary N) is 1. The molecule has 8 heteroatoms. The maximum absolute atomic E-state index is 12.2. The molecule has 0 saturated heterocycles. The summed E-state index contributed by atoms with van der Waals surface area (Å²) in [5.41, 5.74) is 1.57. The lowest BCUT2D eigenvalue weighted by atomic mass is 10.2. The van der Waals surface area contributed by atoms with E-state index in [0.717, 1.165) is 21.2 Å². The number of rotatable bonds is 8. The Balaban J connectivity index is 1.46. The van der Waals surface area contributed by atoms with Crippen molar-refractivity contribution in [2.24, 2.45) is 0 Å². The van der Waals surface area contributed by atoms with Gasteiger partial charge in [-0.1, -0.05) is 18.2 Å². The van der Waals surface area contributed by atoms with Crippen molar-refractivity contribution < 1.29 is 19.1 Å². The van der Waals surface area contributed by atoms with Gasteiger partial charge < -0.3 is 14.8 Å². The van der Waals surface area contributed by atoms with Crippen molar-refractivity contribution in [3.63, 3.8) is 0 Å². The van der Waals surface area contributed by atoms with Gasteiger partial charge in [-0.3, -0.25) is 9.59 Å². The van der Waals surface area contributed by atoms with Gasteiger partial charge in [-0.25, -0.2) is 4.98 Å². The molecule has 0 saturated carbocycles. The van der Waals surface area contributed by atoms with Crippen LogP contribution in [0.3, 0.4) is 0 Å². The van der Waals surface area contributed by atoms with E-state index in [1.165, 1.54) is 11.3 Å². The number of carbonyl (C=O) groups is 2. The molecule has 2 aromatic heterocycles. The number of amides is 1. The molecule has 0 unspecified atom stereocenters. The first-order valence-electron chi connectivity index (χ1n) is 8.63. The third-order valence-electron chi connectivity index (χ3n) is 3.91. The highest BCUT2D eigenvalue weighted by Crippen LogP contribution is 2.27. The van der Waals surface area contributed by atoms with E-state index < -0.39 is 12.1 Å². The van der Waals surface area contributed by atoms with Crippen LogP contribution in [0, 0.1) is 0 Å². The monoisotopic (exact) mass is 416 g/mol. The molecule has 3 rings (SSSR count). The molecular weight excluding hydrogens is 396 g/mol. The third-order valence-corrected chi connectivity index (χ3v) is 5.84. The van der Waals surface area contributed by atoms with Gasteiger partial charge in [-0.15, -0.1) is 22.7 Å². The van der Waals surface area contributed by atoms with E-state index >= 15 is 0 Å². The number of thiazole rings is 1. The Kier molecular flexibility index (Phi) is 6.78. The van der Waals surface area contributed by atoms with Gasteiger partial charge in [0.05, 0.1) is 24.1 Å². The zero-order valence-corrected chi connectivity index (χ0v) is 17.1. The van der Waals surface area contributed by atoms with E-state index in [1.807, 2.05) is 47.2 Å². The van der Waals surface area contributed by atoms with Crippen molar-refractivity contribution in [2.45, 2.75) is 26.0 Å². The second-order valence-corrected chi connectivity index (χ2v) is 7.80. The molecule has 1 aromatic carbocycles. The molecular formula is C20H20N2O4S2. The summed E-state index contributed by atoms with van der Waals surface area (Å²) in [6, 6.07) is 11.3. The Labute approximate surface area is 171 Å². The fourth-order valence-corrected chi connectivity index (χ4v) is 4.05. The number of methoxy groups -OCH3 is 1. The molecule has 0 fully saturated rings. The van der Waals surface area contributed by atoms with Gasteiger partial charge >= 0.3 is 5.97 Å². The summed E-state index contributed by atoms with van der Waals surface area (Å²) in [5.74, 6) is -0.0708. The molecule has 1 N–H and O–H groups in total. The van der Waals surface area contributed by atoms with Crippen LogP contribution < -0.4 is 10.1 Å². The normalized spacial score (nSPS) is 11.6. The van der Waals surface area contributed by atoms with Crippen molar-refractivity contribution in [1.82, 2.24) is 10.3 Å². The molecule has 0 bridgehead atoms. The number of aromatic nitrogens is 1. The highest BCUT2D eigenvalue weighted by molar-refractivity contribution is 7.20. The zero-order valence-electron chi connectivity index (χ0n) is 15.5. The topological polar surface area (TPSA) is 77.5 Å². The van der Waals surface area contributed by atoms with Crippen LogP contribution in [0.25, 0.3) is 9.88 Å². The van der Waals surface area contributed by atoms with Crippen molar-refractivity contribution >= 4 is 34.6 Å². The SMILES string of the molecule is COc1ccc(CNC(=O)[C@H](C)OC(=O)Cc2csc(-c3cccs3)n2)cc1. The predicted octanol–water partition coefficient (Wildman–Crippen LogP) is 3.67. The summed E-state index contributed by atoms with van der Waals surface area (Å²) in [7, 11) is 1.60. The largest absolute Gasteiger partial charge is 0.497 e. The van der Waals surface area contributed by atoms with Gasteiger partial charge in [-0.05, 0) is 36.1 Å². The highest BCUT2D eigenvalue weighted by Gasteiger charge is 2.19. The van der Waals surface area contributed by atoms with Gasteiger partial charge in [0.25, 0.3) is 5.91 Å². The Hall–Kier alpha value is -2.71. The van der Waals surface area contributed by atoms with E-state index in [0.29, 0.717) is 12.2 Å².